The van der Waals surface area contributed by atoms with Crippen molar-refractivity contribution in [3.05, 3.63) is 0 Å². The first-order valence-electron chi connectivity index (χ1n) is 5.99. The number of aliphatic carboxylic acids is 1. The van der Waals surface area contributed by atoms with E-state index in [0.29, 0.717) is 19.4 Å². The summed E-state index contributed by atoms with van der Waals surface area (Å²) in [5, 5.41) is 8.51. The Kier molecular flexibility index (Phi) is 4.94. The first-order valence-corrected chi connectivity index (χ1v) is 7.94. The standard InChI is InChI=1S/C11H21NO4S/c1-3-12(8-11(13)14)9-5-4-6-10(7-9)17(2,15)16/h9-10H,3-8H2,1-2H3,(H,13,14). The highest BCUT2D eigenvalue weighted by Gasteiger charge is 2.31. The third-order valence-electron chi connectivity index (χ3n) is 3.46. The van der Waals surface area contributed by atoms with Crippen LogP contribution in [0.1, 0.15) is 32.6 Å². The predicted octanol–water partition coefficient (Wildman–Crippen LogP) is 0.749. The van der Waals surface area contributed by atoms with E-state index in [1.807, 2.05) is 11.8 Å². The number of carboxylic acid groups (broad SMARTS) is 1. The number of hydrogen-bond acceptors (Lipinski definition) is 4. The Morgan fingerprint density at radius 2 is 2.06 bits per heavy atom. The van der Waals surface area contributed by atoms with Gasteiger partial charge in [0.05, 0.1) is 11.8 Å². The van der Waals surface area contributed by atoms with E-state index in [1.165, 1.54) is 6.26 Å². The molecule has 0 aliphatic heterocycles. The number of sulfone groups is 1. The summed E-state index contributed by atoms with van der Waals surface area (Å²) < 4.78 is 23.1. The zero-order chi connectivity index (χ0) is 13.1. The Balaban J connectivity index is 2.67. The summed E-state index contributed by atoms with van der Waals surface area (Å²) in [5.74, 6) is -0.853. The van der Waals surface area contributed by atoms with Crippen LogP contribution < -0.4 is 0 Å². The van der Waals surface area contributed by atoms with Gasteiger partial charge in [-0.3, -0.25) is 9.69 Å². The van der Waals surface area contributed by atoms with Crippen molar-refractivity contribution in [2.24, 2.45) is 0 Å². The van der Waals surface area contributed by atoms with Crippen molar-refractivity contribution in [1.29, 1.82) is 0 Å². The molecule has 6 heteroatoms. The van der Waals surface area contributed by atoms with Gasteiger partial charge in [0.25, 0.3) is 0 Å². The molecule has 1 N–H and O–H groups in total. The minimum Gasteiger partial charge on any atom is -0.480 e. The molecule has 0 amide bonds. The summed E-state index contributed by atoms with van der Waals surface area (Å²) in [5.41, 5.74) is 0. The van der Waals surface area contributed by atoms with Gasteiger partial charge in [0.1, 0.15) is 9.84 Å². The highest BCUT2D eigenvalue weighted by Crippen LogP contribution is 2.27. The van der Waals surface area contributed by atoms with Crippen LogP contribution in [-0.2, 0) is 14.6 Å². The summed E-state index contributed by atoms with van der Waals surface area (Å²) >= 11 is 0. The van der Waals surface area contributed by atoms with Crippen molar-refractivity contribution in [3.63, 3.8) is 0 Å². The number of likely N-dealkylation sites (N-methyl/N-ethyl adjacent to an activating group) is 1. The van der Waals surface area contributed by atoms with E-state index < -0.39 is 15.8 Å². The molecule has 2 unspecified atom stereocenters. The van der Waals surface area contributed by atoms with Crippen molar-refractivity contribution < 1.29 is 18.3 Å². The number of carboxylic acids is 1. The van der Waals surface area contributed by atoms with Crippen molar-refractivity contribution >= 4 is 15.8 Å². The fourth-order valence-electron chi connectivity index (χ4n) is 2.51. The van der Waals surface area contributed by atoms with E-state index in [9.17, 15) is 13.2 Å². The Bertz CT molecular complexity index is 366. The summed E-state index contributed by atoms with van der Waals surface area (Å²) in [4.78, 5) is 12.6. The maximum Gasteiger partial charge on any atom is 0.317 e. The smallest absolute Gasteiger partial charge is 0.317 e. The van der Waals surface area contributed by atoms with Gasteiger partial charge in [-0.15, -0.1) is 0 Å². The molecule has 1 saturated carbocycles. The Morgan fingerprint density at radius 3 is 2.53 bits per heavy atom. The first-order chi connectivity index (χ1) is 7.84. The lowest BCUT2D eigenvalue weighted by Gasteiger charge is -2.35. The van der Waals surface area contributed by atoms with Crippen LogP contribution in [0.15, 0.2) is 0 Å². The van der Waals surface area contributed by atoms with Crippen molar-refractivity contribution in [2.75, 3.05) is 19.3 Å². The van der Waals surface area contributed by atoms with Gasteiger partial charge in [0.15, 0.2) is 0 Å². The van der Waals surface area contributed by atoms with Gasteiger partial charge >= 0.3 is 5.97 Å². The minimum atomic E-state index is -3.00. The second-order valence-electron chi connectivity index (χ2n) is 4.73. The van der Waals surface area contributed by atoms with Crippen LogP contribution in [0.25, 0.3) is 0 Å². The van der Waals surface area contributed by atoms with Crippen LogP contribution in [0.2, 0.25) is 0 Å². The number of nitrogens with zero attached hydrogens (tertiary/aromatic N) is 1. The number of rotatable bonds is 5. The molecule has 0 bridgehead atoms. The van der Waals surface area contributed by atoms with Crippen LogP contribution in [0.5, 0.6) is 0 Å². The van der Waals surface area contributed by atoms with Gasteiger partial charge < -0.3 is 5.11 Å². The summed E-state index contributed by atoms with van der Waals surface area (Å²) in [7, 11) is -3.00. The largest absolute Gasteiger partial charge is 0.480 e. The van der Waals surface area contributed by atoms with E-state index in [0.717, 1.165) is 12.8 Å². The lowest BCUT2D eigenvalue weighted by Crippen LogP contribution is -2.44. The first kappa shape index (κ1) is 14.4. The van der Waals surface area contributed by atoms with Crippen molar-refractivity contribution in [3.8, 4) is 0 Å². The molecular formula is C11H21NO4S. The quantitative estimate of drug-likeness (QED) is 0.792. The van der Waals surface area contributed by atoms with Crippen molar-refractivity contribution in [2.45, 2.75) is 43.9 Å². The second kappa shape index (κ2) is 5.82. The second-order valence-corrected chi connectivity index (χ2v) is 7.05. The molecule has 5 nitrogen and oxygen atoms in total. The van der Waals surface area contributed by atoms with Gasteiger partial charge in [0.2, 0.25) is 0 Å². The van der Waals surface area contributed by atoms with Crippen LogP contribution >= 0.6 is 0 Å². The van der Waals surface area contributed by atoms with Crippen LogP contribution in [-0.4, -0.2) is 55.0 Å². The van der Waals surface area contributed by atoms with E-state index >= 15 is 0 Å². The third kappa shape index (κ3) is 4.27. The fraction of sp³-hybridized carbons (Fsp3) is 0.909. The lowest BCUT2D eigenvalue weighted by atomic mass is 9.93. The molecule has 0 aromatic carbocycles. The molecule has 17 heavy (non-hydrogen) atoms. The van der Waals surface area contributed by atoms with Gasteiger partial charge in [0, 0.05) is 12.3 Å². The van der Waals surface area contributed by atoms with E-state index in [4.69, 9.17) is 5.11 Å². The van der Waals surface area contributed by atoms with Gasteiger partial charge in [-0.05, 0) is 25.8 Å². The highest BCUT2D eigenvalue weighted by molar-refractivity contribution is 7.91. The molecule has 0 aromatic heterocycles. The normalized spacial score (nSPS) is 26.1. The Labute approximate surface area is 103 Å². The Morgan fingerprint density at radius 1 is 1.41 bits per heavy atom. The molecular weight excluding hydrogens is 242 g/mol. The summed E-state index contributed by atoms with van der Waals surface area (Å²) in [6, 6.07) is 0.0876. The molecule has 1 aliphatic rings. The summed E-state index contributed by atoms with van der Waals surface area (Å²) in [6.07, 6.45) is 4.30. The molecule has 0 radical (unpaired) electrons. The van der Waals surface area contributed by atoms with Crippen LogP contribution in [0, 0.1) is 0 Å². The zero-order valence-electron chi connectivity index (χ0n) is 10.4. The SMILES string of the molecule is CCN(CC(=O)O)C1CCCC(S(C)(=O)=O)C1. The third-order valence-corrected chi connectivity index (χ3v) is 5.10. The fourth-order valence-corrected chi connectivity index (χ4v) is 3.68. The van der Waals surface area contributed by atoms with Gasteiger partial charge in [-0.2, -0.15) is 0 Å². The molecule has 0 aromatic rings. The number of carbonyl (C=O) groups is 1. The maximum absolute atomic E-state index is 11.5. The monoisotopic (exact) mass is 263 g/mol. The maximum atomic E-state index is 11.5. The highest BCUT2D eigenvalue weighted by atomic mass is 32.2. The number of hydrogen-bond donors (Lipinski definition) is 1. The molecule has 1 fully saturated rings. The predicted molar refractivity (Wildman–Crippen MR) is 65.8 cm³/mol. The topological polar surface area (TPSA) is 74.7 Å². The van der Waals surface area contributed by atoms with Crippen LogP contribution in [0.4, 0.5) is 0 Å². The van der Waals surface area contributed by atoms with Gasteiger partial charge in [-0.25, -0.2) is 8.42 Å². The van der Waals surface area contributed by atoms with E-state index in [-0.39, 0.29) is 17.8 Å². The van der Waals surface area contributed by atoms with E-state index in [1.54, 1.807) is 0 Å². The molecule has 1 rings (SSSR count). The molecule has 1 aliphatic carbocycles. The van der Waals surface area contributed by atoms with Crippen molar-refractivity contribution in [1.82, 2.24) is 4.90 Å². The van der Waals surface area contributed by atoms with Gasteiger partial charge in [-0.1, -0.05) is 13.3 Å². The zero-order valence-corrected chi connectivity index (χ0v) is 11.2. The molecule has 0 spiro atoms. The Hall–Kier alpha value is -0.620. The summed E-state index contributed by atoms with van der Waals surface area (Å²) in [6.45, 7) is 2.55. The van der Waals surface area contributed by atoms with Crippen LogP contribution in [0.3, 0.4) is 0 Å². The molecule has 100 valence electrons. The molecule has 0 saturated heterocycles. The average molecular weight is 263 g/mol. The minimum absolute atomic E-state index is 0.00233. The molecule has 2 atom stereocenters. The lowest BCUT2D eigenvalue weighted by molar-refractivity contribution is -0.139. The van der Waals surface area contributed by atoms with E-state index in [2.05, 4.69) is 0 Å². The average Bonchev–Trinajstić information content (AvgIpc) is 2.24. The molecule has 0 heterocycles.